The third-order valence-corrected chi connectivity index (χ3v) is 4.66. The number of ether oxygens (including phenoxy) is 2. The van der Waals surface area contributed by atoms with Gasteiger partial charge in [-0.1, -0.05) is 36.4 Å². The lowest BCUT2D eigenvalue weighted by Gasteiger charge is -2.31. The first kappa shape index (κ1) is 19.3. The van der Waals surface area contributed by atoms with Gasteiger partial charge in [-0.25, -0.2) is 4.39 Å². The van der Waals surface area contributed by atoms with E-state index in [0.717, 1.165) is 25.2 Å². The Morgan fingerprint density at radius 3 is 2.63 bits per heavy atom. The summed E-state index contributed by atoms with van der Waals surface area (Å²) in [4.78, 5) is 14.9. The number of halogens is 1. The van der Waals surface area contributed by atoms with Crippen LogP contribution >= 0.6 is 0 Å². The predicted molar refractivity (Wildman–Crippen MR) is 101 cm³/mol. The largest absolute Gasteiger partial charge is 0.494 e. The van der Waals surface area contributed by atoms with E-state index in [0.29, 0.717) is 18.8 Å². The third kappa shape index (κ3) is 5.52. The summed E-state index contributed by atoms with van der Waals surface area (Å²) < 4.78 is 24.2. The van der Waals surface area contributed by atoms with E-state index in [1.807, 2.05) is 30.3 Å². The molecule has 1 amide bonds. The lowest BCUT2D eigenvalue weighted by molar-refractivity contribution is -0.121. The van der Waals surface area contributed by atoms with Gasteiger partial charge in [0, 0.05) is 19.6 Å². The molecule has 1 aliphatic rings. The highest BCUT2D eigenvalue weighted by Gasteiger charge is 2.20. The molecule has 1 unspecified atom stereocenters. The van der Waals surface area contributed by atoms with E-state index in [4.69, 9.17) is 9.47 Å². The number of benzene rings is 2. The van der Waals surface area contributed by atoms with Crippen molar-refractivity contribution in [3.8, 4) is 5.75 Å². The van der Waals surface area contributed by atoms with E-state index in [9.17, 15) is 9.18 Å². The second-order valence-corrected chi connectivity index (χ2v) is 6.59. The first-order valence-electron chi connectivity index (χ1n) is 9.12. The van der Waals surface area contributed by atoms with E-state index in [2.05, 4.69) is 10.2 Å². The molecule has 0 aliphatic carbocycles. The molecule has 0 bridgehead atoms. The maximum atomic E-state index is 13.9. The molecule has 27 heavy (non-hydrogen) atoms. The summed E-state index contributed by atoms with van der Waals surface area (Å²) in [6, 6.07) is 14.4. The molecule has 1 fully saturated rings. The van der Waals surface area contributed by atoms with Crippen molar-refractivity contribution in [2.45, 2.75) is 12.5 Å². The number of rotatable bonds is 7. The summed E-state index contributed by atoms with van der Waals surface area (Å²) in [6.45, 7) is 3.84. The highest BCUT2D eigenvalue weighted by atomic mass is 19.1. The normalized spacial score (nSPS) is 15.9. The van der Waals surface area contributed by atoms with Crippen molar-refractivity contribution >= 4 is 5.91 Å². The van der Waals surface area contributed by atoms with Crippen LogP contribution in [0.3, 0.4) is 0 Å². The lowest BCUT2D eigenvalue weighted by Crippen LogP contribution is -2.43. The van der Waals surface area contributed by atoms with Gasteiger partial charge in [0.25, 0.3) is 0 Å². The van der Waals surface area contributed by atoms with Crippen molar-refractivity contribution < 1.29 is 18.7 Å². The van der Waals surface area contributed by atoms with Crippen molar-refractivity contribution in [2.24, 2.45) is 0 Å². The van der Waals surface area contributed by atoms with E-state index in [1.165, 1.54) is 13.2 Å². The molecular weight excluding hydrogens is 347 g/mol. The number of hydrogen-bond donors (Lipinski definition) is 1. The van der Waals surface area contributed by atoms with Gasteiger partial charge in [0.1, 0.15) is 0 Å². The van der Waals surface area contributed by atoms with Crippen LogP contribution in [-0.2, 0) is 16.0 Å². The third-order valence-electron chi connectivity index (χ3n) is 4.66. The number of morpholine rings is 1. The summed E-state index contributed by atoms with van der Waals surface area (Å²) in [5, 5.41) is 3.10. The minimum Gasteiger partial charge on any atom is -0.494 e. The molecular formula is C21H25FN2O3. The fraction of sp³-hybridized carbons (Fsp3) is 0.381. The van der Waals surface area contributed by atoms with E-state index < -0.39 is 5.82 Å². The van der Waals surface area contributed by atoms with Crippen LogP contribution in [0.4, 0.5) is 4.39 Å². The quantitative estimate of drug-likeness (QED) is 0.812. The summed E-state index contributed by atoms with van der Waals surface area (Å²) >= 11 is 0. The van der Waals surface area contributed by atoms with E-state index in [1.54, 1.807) is 12.1 Å². The molecule has 144 valence electrons. The van der Waals surface area contributed by atoms with E-state index >= 15 is 0 Å². The van der Waals surface area contributed by atoms with Crippen LogP contribution in [-0.4, -0.2) is 50.8 Å². The van der Waals surface area contributed by atoms with Crippen LogP contribution in [0.5, 0.6) is 5.75 Å². The Morgan fingerprint density at radius 2 is 1.96 bits per heavy atom. The van der Waals surface area contributed by atoms with Crippen LogP contribution < -0.4 is 10.1 Å². The molecule has 0 saturated carbocycles. The van der Waals surface area contributed by atoms with Gasteiger partial charge in [-0.2, -0.15) is 0 Å². The van der Waals surface area contributed by atoms with Crippen LogP contribution in [0.1, 0.15) is 17.2 Å². The average molecular weight is 372 g/mol. The molecule has 3 rings (SSSR count). The average Bonchev–Trinajstić information content (AvgIpc) is 2.69. The molecule has 6 heteroatoms. The standard InChI is InChI=1S/C21H25FN2O3/c1-26-20-8-7-16(13-18(20)22)14-21(25)23-19(17-5-3-2-4-6-17)15-24-9-11-27-12-10-24/h2-8,13,19H,9-12,14-15H2,1H3,(H,23,25). The first-order valence-corrected chi connectivity index (χ1v) is 9.12. The minimum absolute atomic E-state index is 0.118. The van der Waals surface area contributed by atoms with Gasteiger partial charge in [-0.15, -0.1) is 0 Å². The molecule has 2 aromatic rings. The van der Waals surface area contributed by atoms with Gasteiger partial charge in [0.05, 0.1) is 32.8 Å². The van der Waals surface area contributed by atoms with Crippen LogP contribution in [0.15, 0.2) is 48.5 Å². The number of carbonyl (C=O) groups excluding carboxylic acids is 1. The zero-order chi connectivity index (χ0) is 19.1. The van der Waals surface area contributed by atoms with Crippen molar-refractivity contribution in [1.29, 1.82) is 0 Å². The Balaban J connectivity index is 1.67. The molecule has 2 aromatic carbocycles. The molecule has 1 aliphatic heterocycles. The Bertz CT molecular complexity index is 748. The van der Waals surface area contributed by atoms with Crippen molar-refractivity contribution in [1.82, 2.24) is 10.2 Å². The first-order chi connectivity index (χ1) is 13.2. The van der Waals surface area contributed by atoms with Gasteiger partial charge in [0.2, 0.25) is 5.91 Å². The lowest BCUT2D eigenvalue weighted by atomic mass is 10.0. The molecule has 0 spiro atoms. The second-order valence-electron chi connectivity index (χ2n) is 6.59. The minimum atomic E-state index is -0.462. The Hall–Kier alpha value is -2.44. The number of amides is 1. The SMILES string of the molecule is COc1ccc(CC(=O)NC(CN2CCOCC2)c2ccccc2)cc1F. The number of nitrogens with zero attached hydrogens (tertiary/aromatic N) is 1. The van der Waals surface area contributed by atoms with Crippen LogP contribution in [0, 0.1) is 5.82 Å². The highest BCUT2D eigenvalue weighted by Crippen LogP contribution is 2.19. The predicted octanol–water partition coefficient (Wildman–Crippen LogP) is 2.57. The van der Waals surface area contributed by atoms with Gasteiger partial charge in [-0.3, -0.25) is 9.69 Å². The molecule has 1 heterocycles. The van der Waals surface area contributed by atoms with Crippen LogP contribution in [0.25, 0.3) is 0 Å². The van der Waals surface area contributed by atoms with Crippen LogP contribution in [0.2, 0.25) is 0 Å². The van der Waals surface area contributed by atoms with Crippen molar-refractivity contribution in [2.75, 3.05) is 40.0 Å². The maximum Gasteiger partial charge on any atom is 0.224 e. The number of hydrogen-bond acceptors (Lipinski definition) is 4. The fourth-order valence-corrected chi connectivity index (χ4v) is 3.21. The Labute approximate surface area is 159 Å². The monoisotopic (exact) mass is 372 g/mol. The van der Waals surface area contributed by atoms with Gasteiger partial charge in [-0.05, 0) is 23.3 Å². The molecule has 1 saturated heterocycles. The maximum absolute atomic E-state index is 13.9. The molecule has 0 radical (unpaired) electrons. The number of nitrogens with one attached hydrogen (secondary N) is 1. The fourth-order valence-electron chi connectivity index (χ4n) is 3.21. The van der Waals surface area contributed by atoms with Crippen molar-refractivity contribution in [3.05, 3.63) is 65.5 Å². The van der Waals surface area contributed by atoms with Gasteiger partial charge in [0.15, 0.2) is 11.6 Å². The molecule has 5 nitrogen and oxygen atoms in total. The zero-order valence-electron chi connectivity index (χ0n) is 15.5. The molecule has 1 N–H and O–H groups in total. The van der Waals surface area contributed by atoms with Gasteiger partial charge >= 0.3 is 0 Å². The smallest absolute Gasteiger partial charge is 0.224 e. The highest BCUT2D eigenvalue weighted by molar-refractivity contribution is 5.79. The molecule has 0 aromatic heterocycles. The molecule has 1 atom stereocenters. The summed E-state index contributed by atoms with van der Waals surface area (Å²) in [5.74, 6) is -0.425. The Kier molecular flexibility index (Phi) is 6.79. The Morgan fingerprint density at radius 1 is 1.22 bits per heavy atom. The summed E-state index contributed by atoms with van der Waals surface area (Å²) in [6.07, 6.45) is 0.118. The number of methoxy groups -OCH3 is 1. The topological polar surface area (TPSA) is 50.8 Å². The van der Waals surface area contributed by atoms with E-state index in [-0.39, 0.29) is 24.1 Å². The van der Waals surface area contributed by atoms with Gasteiger partial charge < -0.3 is 14.8 Å². The summed E-state index contributed by atoms with van der Waals surface area (Å²) in [5.41, 5.74) is 1.67. The second kappa shape index (κ2) is 9.48. The number of carbonyl (C=O) groups is 1. The van der Waals surface area contributed by atoms with Crippen molar-refractivity contribution in [3.63, 3.8) is 0 Å². The summed E-state index contributed by atoms with van der Waals surface area (Å²) in [7, 11) is 1.42. The zero-order valence-corrected chi connectivity index (χ0v) is 15.5.